The van der Waals surface area contributed by atoms with Crippen molar-refractivity contribution in [2.75, 3.05) is 36.0 Å². The lowest BCUT2D eigenvalue weighted by atomic mass is 9.81. The maximum absolute atomic E-state index is 2.41. The molecule has 198 valence electrons. The van der Waals surface area contributed by atoms with Gasteiger partial charge >= 0.3 is 0 Å². The van der Waals surface area contributed by atoms with Gasteiger partial charge in [-0.15, -0.1) is 0 Å². The summed E-state index contributed by atoms with van der Waals surface area (Å²) in [6.07, 6.45) is 2.18. The molecule has 0 heterocycles. The van der Waals surface area contributed by atoms with Gasteiger partial charge in [0.15, 0.2) is 0 Å². The minimum atomic E-state index is 0.364. The van der Waals surface area contributed by atoms with Crippen LogP contribution in [0.15, 0.2) is 109 Å². The van der Waals surface area contributed by atoms with Crippen LogP contribution in [0.3, 0.4) is 0 Å². The monoisotopic (exact) mass is 504 g/mol. The number of hydrogen-bond acceptors (Lipinski definition) is 2. The van der Waals surface area contributed by atoms with Crippen molar-refractivity contribution >= 4 is 11.4 Å². The lowest BCUT2D eigenvalue weighted by Gasteiger charge is -2.26. The molecule has 0 bridgehead atoms. The highest BCUT2D eigenvalue weighted by atomic mass is 15.1. The molecule has 0 amide bonds. The first-order chi connectivity index (χ1) is 18.7. The molecule has 0 saturated carbocycles. The first-order valence-electron chi connectivity index (χ1n) is 14.5. The SMILES string of the molecule is CCN(CC)c1ccc(C(CCC(c2ccccc2)c2ccc(N(CC)CC)cc2)c2ccccc2)cc1. The normalized spacial score (nSPS) is 12.6. The third-order valence-corrected chi connectivity index (χ3v) is 8.00. The number of anilines is 2. The van der Waals surface area contributed by atoms with Gasteiger partial charge in [-0.05, 0) is 87.1 Å². The fourth-order valence-electron chi connectivity index (χ4n) is 5.77. The Labute approximate surface area is 231 Å². The van der Waals surface area contributed by atoms with Crippen LogP contribution in [0.1, 0.15) is 74.6 Å². The minimum absolute atomic E-state index is 0.364. The van der Waals surface area contributed by atoms with Crippen LogP contribution in [0.5, 0.6) is 0 Å². The zero-order valence-corrected chi connectivity index (χ0v) is 23.7. The topological polar surface area (TPSA) is 6.48 Å². The second-order valence-electron chi connectivity index (χ2n) is 10.0. The van der Waals surface area contributed by atoms with Crippen LogP contribution in [0.2, 0.25) is 0 Å². The fraction of sp³-hybridized carbons (Fsp3) is 0.333. The van der Waals surface area contributed by atoms with E-state index < -0.39 is 0 Å². The molecule has 0 aliphatic rings. The first-order valence-corrected chi connectivity index (χ1v) is 14.5. The smallest absolute Gasteiger partial charge is 0.0366 e. The highest BCUT2D eigenvalue weighted by Gasteiger charge is 2.20. The average molecular weight is 505 g/mol. The van der Waals surface area contributed by atoms with Crippen LogP contribution in [-0.2, 0) is 0 Å². The Bertz CT molecular complexity index is 1090. The quantitative estimate of drug-likeness (QED) is 0.179. The fourth-order valence-corrected chi connectivity index (χ4v) is 5.77. The summed E-state index contributed by atoms with van der Waals surface area (Å²) in [5, 5.41) is 0. The maximum atomic E-state index is 2.41. The predicted molar refractivity (Wildman–Crippen MR) is 166 cm³/mol. The molecular weight excluding hydrogens is 460 g/mol. The summed E-state index contributed by atoms with van der Waals surface area (Å²) in [6, 6.07) is 40.7. The molecule has 4 aromatic carbocycles. The van der Waals surface area contributed by atoms with Gasteiger partial charge in [-0.2, -0.15) is 0 Å². The van der Waals surface area contributed by atoms with Crippen LogP contribution in [0, 0.1) is 0 Å². The van der Waals surface area contributed by atoms with E-state index in [-0.39, 0.29) is 0 Å². The van der Waals surface area contributed by atoms with E-state index in [0.717, 1.165) is 39.0 Å². The molecule has 0 aliphatic carbocycles. The maximum Gasteiger partial charge on any atom is 0.0366 e. The van der Waals surface area contributed by atoms with Crippen molar-refractivity contribution in [2.24, 2.45) is 0 Å². The van der Waals surface area contributed by atoms with Crippen molar-refractivity contribution < 1.29 is 0 Å². The third kappa shape index (κ3) is 6.67. The average Bonchev–Trinajstić information content (AvgIpc) is 2.99. The van der Waals surface area contributed by atoms with E-state index in [1.165, 1.54) is 33.6 Å². The van der Waals surface area contributed by atoms with Crippen molar-refractivity contribution in [1.29, 1.82) is 0 Å². The summed E-state index contributed by atoms with van der Waals surface area (Å²) in [7, 11) is 0. The van der Waals surface area contributed by atoms with Gasteiger partial charge in [0, 0.05) is 49.4 Å². The Morgan fingerprint density at radius 1 is 0.395 bits per heavy atom. The van der Waals surface area contributed by atoms with Gasteiger partial charge in [-0.25, -0.2) is 0 Å². The molecule has 2 nitrogen and oxygen atoms in total. The summed E-state index contributed by atoms with van der Waals surface area (Å²) < 4.78 is 0. The van der Waals surface area contributed by atoms with E-state index in [4.69, 9.17) is 0 Å². The van der Waals surface area contributed by atoms with E-state index in [9.17, 15) is 0 Å². The van der Waals surface area contributed by atoms with E-state index in [0.29, 0.717) is 11.8 Å². The molecule has 0 spiro atoms. The summed E-state index contributed by atoms with van der Waals surface area (Å²) in [6.45, 7) is 13.0. The Hall–Kier alpha value is -3.52. The molecule has 4 rings (SSSR count). The van der Waals surface area contributed by atoms with Gasteiger partial charge in [0.2, 0.25) is 0 Å². The van der Waals surface area contributed by atoms with Crippen molar-refractivity contribution in [1.82, 2.24) is 0 Å². The molecule has 0 aromatic heterocycles. The Balaban J connectivity index is 1.63. The Morgan fingerprint density at radius 3 is 0.974 bits per heavy atom. The standard InChI is InChI=1S/C36H44N2/c1-5-37(6-2)33-23-19-31(20-24-33)35(29-15-11-9-12-16-29)27-28-36(30-17-13-10-14-18-30)32-21-25-34(26-22-32)38(7-3)8-4/h9-26,35-36H,5-8,27-28H2,1-4H3. The molecule has 0 aliphatic heterocycles. The van der Waals surface area contributed by atoms with Crippen molar-refractivity contribution in [3.63, 3.8) is 0 Å². The van der Waals surface area contributed by atoms with E-state index >= 15 is 0 Å². The number of rotatable bonds is 13. The minimum Gasteiger partial charge on any atom is -0.372 e. The second-order valence-corrected chi connectivity index (χ2v) is 10.0. The number of hydrogen-bond donors (Lipinski definition) is 0. The second kappa shape index (κ2) is 13.9. The predicted octanol–water partition coefficient (Wildman–Crippen LogP) is 9.12. The number of benzene rings is 4. The lowest BCUT2D eigenvalue weighted by molar-refractivity contribution is 0.612. The summed E-state index contributed by atoms with van der Waals surface area (Å²) in [4.78, 5) is 4.82. The third-order valence-electron chi connectivity index (χ3n) is 8.00. The van der Waals surface area contributed by atoms with Crippen LogP contribution in [0.4, 0.5) is 11.4 Å². The van der Waals surface area contributed by atoms with Gasteiger partial charge in [0.1, 0.15) is 0 Å². The van der Waals surface area contributed by atoms with Crippen molar-refractivity contribution in [3.05, 3.63) is 131 Å². The lowest BCUT2D eigenvalue weighted by Crippen LogP contribution is -2.21. The highest BCUT2D eigenvalue weighted by Crippen LogP contribution is 2.37. The Kier molecular flexibility index (Phi) is 10.0. The zero-order valence-electron chi connectivity index (χ0n) is 23.7. The largest absolute Gasteiger partial charge is 0.372 e. The van der Waals surface area contributed by atoms with E-state index in [1.807, 2.05) is 0 Å². The molecule has 2 unspecified atom stereocenters. The van der Waals surface area contributed by atoms with Gasteiger partial charge in [0.25, 0.3) is 0 Å². The summed E-state index contributed by atoms with van der Waals surface area (Å²) in [5.41, 5.74) is 8.20. The molecule has 2 heteroatoms. The van der Waals surface area contributed by atoms with Gasteiger partial charge in [-0.3, -0.25) is 0 Å². The molecule has 0 radical (unpaired) electrons. The zero-order chi connectivity index (χ0) is 26.7. The van der Waals surface area contributed by atoms with Gasteiger partial charge < -0.3 is 9.80 Å². The first kappa shape index (κ1) is 27.5. The summed E-state index contributed by atoms with van der Waals surface area (Å²) >= 11 is 0. The van der Waals surface area contributed by atoms with Crippen LogP contribution in [0.25, 0.3) is 0 Å². The molecule has 0 fully saturated rings. The highest BCUT2D eigenvalue weighted by molar-refractivity contribution is 5.50. The molecule has 4 aromatic rings. The van der Waals surface area contributed by atoms with Crippen LogP contribution in [-0.4, -0.2) is 26.2 Å². The molecule has 2 atom stereocenters. The van der Waals surface area contributed by atoms with E-state index in [1.54, 1.807) is 0 Å². The molecule has 38 heavy (non-hydrogen) atoms. The van der Waals surface area contributed by atoms with Crippen molar-refractivity contribution in [2.45, 2.75) is 52.4 Å². The molecular formula is C36H44N2. The Morgan fingerprint density at radius 2 is 0.684 bits per heavy atom. The summed E-state index contributed by atoms with van der Waals surface area (Å²) in [5.74, 6) is 0.728. The van der Waals surface area contributed by atoms with Gasteiger partial charge in [0.05, 0.1) is 0 Å². The molecule has 0 N–H and O–H groups in total. The van der Waals surface area contributed by atoms with Gasteiger partial charge in [-0.1, -0.05) is 84.9 Å². The van der Waals surface area contributed by atoms with Crippen molar-refractivity contribution in [3.8, 4) is 0 Å². The van der Waals surface area contributed by atoms with E-state index in [2.05, 4.69) is 147 Å². The van der Waals surface area contributed by atoms with Crippen LogP contribution >= 0.6 is 0 Å². The molecule has 0 saturated heterocycles. The number of nitrogens with zero attached hydrogens (tertiary/aromatic N) is 2. The van der Waals surface area contributed by atoms with Crippen LogP contribution < -0.4 is 9.80 Å².